The van der Waals surface area contributed by atoms with Crippen LogP contribution in [0.2, 0.25) is 0 Å². The highest BCUT2D eigenvalue weighted by atomic mass is 14.8. The minimum atomic E-state index is 0.0158. The Morgan fingerprint density at radius 2 is 1.89 bits per heavy atom. The lowest BCUT2D eigenvalue weighted by atomic mass is 10.0. The summed E-state index contributed by atoms with van der Waals surface area (Å²) in [7, 11) is 0. The predicted octanol–water partition coefficient (Wildman–Crippen LogP) is 4.11. The maximum absolute atomic E-state index is 6.14. The molecule has 3 rings (SSSR count). The molecule has 2 nitrogen and oxygen atoms in total. The lowest BCUT2D eigenvalue weighted by Crippen LogP contribution is -2.11. The first-order valence-corrected chi connectivity index (χ1v) is 6.75. The van der Waals surface area contributed by atoms with Crippen LogP contribution in [0.1, 0.15) is 30.6 Å². The van der Waals surface area contributed by atoms with Gasteiger partial charge in [0.1, 0.15) is 0 Å². The van der Waals surface area contributed by atoms with Crippen LogP contribution in [-0.2, 0) is 0 Å². The smallest absolute Gasteiger partial charge is 0.0786 e. The highest BCUT2D eigenvalue weighted by Gasteiger charge is 2.10. The Morgan fingerprint density at radius 1 is 1.11 bits per heavy atom. The van der Waals surface area contributed by atoms with Crippen molar-refractivity contribution >= 4 is 21.7 Å². The van der Waals surface area contributed by atoms with Crippen molar-refractivity contribution in [2.24, 2.45) is 5.73 Å². The monoisotopic (exact) mass is 250 g/mol. The van der Waals surface area contributed by atoms with E-state index in [1.807, 2.05) is 0 Å². The van der Waals surface area contributed by atoms with Crippen molar-refractivity contribution in [3.8, 4) is 0 Å². The third-order valence-corrected chi connectivity index (χ3v) is 3.75. The molecule has 19 heavy (non-hydrogen) atoms. The first-order valence-electron chi connectivity index (χ1n) is 6.75. The molecule has 0 amide bonds. The van der Waals surface area contributed by atoms with Crippen LogP contribution in [0.25, 0.3) is 21.7 Å². The molecule has 2 heteroatoms. The second kappa shape index (κ2) is 4.63. The molecule has 2 N–H and O–H groups in total. The zero-order valence-electron chi connectivity index (χ0n) is 11.4. The number of fused-ring (bicyclic) bond motifs is 3. The zero-order chi connectivity index (χ0) is 13.4. The van der Waals surface area contributed by atoms with Gasteiger partial charge in [0.25, 0.3) is 0 Å². The molecule has 2 aromatic carbocycles. The number of nitrogens with zero attached hydrogens (tertiary/aromatic N) is 1. The molecule has 0 aliphatic carbocycles. The third kappa shape index (κ3) is 1.98. The van der Waals surface area contributed by atoms with Crippen LogP contribution in [0.4, 0.5) is 0 Å². The van der Waals surface area contributed by atoms with E-state index in [0.717, 1.165) is 17.6 Å². The molecular weight excluding hydrogens is 232 g/mol. The number of benzene rings is 2. The number of rotatable bonds is 2. The van der Waals surface area contributed by atoms with Crippen molar-refractivity contribution in [3.63, 3.8) is 0 Å². The second-order valence-corrected chi connectivity index (χ2v) is 5.06. The summed E-state index contributed by atoms with van der Waals surface area (Å²) in [6.07, 6.45) is 0.905. The van der Waals surface area contributed by atoms with Gasteiger partial charge in [0.05, 0.1) is 11.2 Å². The lowest BCUT2D eigenvalue weighted by molar-refractivity contribution is 0.678. The third-order valence-electron chi connectivity index (χ3n) is 3.75. The molecule has 3 aromatic rings. The average Bonchev–Trinajstić information content (AvgIpc) is 2.46. The van der Waals surface area contributed by atoms with Gasteiger partial charge in [-0.3, -0.25) is 4.98 Å². The van der Waals surface area contributed by atoms with Crippen LogP contribution < -0.4 is 5.73 Å². The maximum atomic E-state index is 6.14. The van der Waals surface area contributed by atoms with Crippen molar-refractivity contribution < 1.29 is 0 Å². The predicted molar refractivity (Wildman–Crippen MR) is 81.2 cm³/mol. The molecule has 0 saturated carbocycles. The van der Waals surface area contributed by atoms with Crippen LogP contribution in [0.15, 0.2) is 42.5 Å². The van der Waals surface area contributed by atoms with Gasteiger partial charge in [0, 0.05) is 16.8 Å². The van der Waals surface area contributed by atoms with Crippen molar-refractivity contribution in [1.29, 1.82) is 0 Å². The Balaban J connectivity index is 2.40. The van der Waals surface area contributed by atoms with Gasteiger partial charge in [-0.05, 0) is 30.4 Å². The Morgan fingerprint density at radius 3 is 2.68 bits per heavy atom. The number of hydrogen-bond acceptors (Lipinski definition) is 2. The van der Waals surface area contributed by atoms with Crippen molar-refractivity contribution in [1.82, 2.24) is 4.98 Å². The van der Waals surface area contributed by atoms with Crippen LogP contribution in [0.3, 0.4) is 0 Å². The number of pyridine rings is 1. The van der Waals surface area contributed by atoms with E-state index in [1.54, 1.807) is 0 Å². The standard InChI is InChI=1S/C17H18N2/c1-3-15(18)16-10-11(2)13-9-8-12-6-4-5-7-14(12)17(13)19-16/h4-10,15H,3,18H2,1-2H3. The Kier molecular flexibility index (Phi) is 2.96. The van der Waals surface area contributed by atoms with E-state index in [4.69, 9.17) is 10.7 Å². The molecule has 0 bridgehead atoms. The summed E-state index contributed by atoms with van der Waals surface area (Å²) in [5.41, 5.74) is 9.44. The van der Waals surface area contributed by atoms with E-state index in [0.29, 0.717) is 0 Å². The molecule has 1 unspecified atom stereocenters. The summed E-state index contributed by atoms with van der Waals surface area (Å²) < 4.78 is 0. The molecule has 1 atom stereocenters. The molecule has 1 aromatic heterocycles. The van der Waals surface area contributed by atoms with Gasteiger partial charge in [0.15, 0.2) is 0 Å². The largest absolute Gasteiger partial charge is 0.323 e. The number of nitrogens with two attached hydrogens (primary N) is 1. The molecule has 1 heterocycles. The van der Waals surface area contributed by atoms with Crippen molar-refractivity contribution in [2.45, 2.75) is 26.3 Å². The van der Waals surface area contributed by atoms with Gasteiger partial charge in [-0.1, -0.05) is 43.3 Å². The fraction of sp³-hybridized carbons (Fsp3) is 0.235. The fourth-order valence-corrected chi connectivity index (χ4v) is 2.55. The normalized spacial score (nSPS) is 13.0. The van der Waals surface area contributed by atoms with Gasteiger partial charge in [-0.2, -0.15) is 0 Å². The minimum absolute atomic E-state index is 0.0158. The Hall–Kier alpha value is -1.93. The number of aryl methyl sites for hydroxylation is 1. The van der Waals surface area contributed by atoms with Gasteiger partial charge in [0.2, 0.25) is 0 Å². The van der Waals surface area contributed by atoms with Crippen molar-refractivity contribution in [3.05, 3.63) is 53.7 Å². The molecule has 0 aliphatic rings. The average molecular weight is 250 g/mol. The summed E-state index contributed by atoms with van der Waals surface area (Å²) in [5, 5.41) is 3.64. The van der Waals surface area contributed by atoms with E-state index in [-0.39, 0.29) is 6.04 Å². The highest BCUT2D eigenvalue weighted by Crippen LogP contribution is 2.28. The van der Waals surface area contributed by atoms with Crippen LogP contribution in [-0.4, -0.2) is 4.98 Å². The molecular formula is C17H18N2. The Bertz CT molecular complexity index is 747. The quantitative estimate of drug-likeness (QED) is 0.695. The van der Waals surface area contributed by atoms with E-state index >= 15 is 0 Å². The molecule has 0 spiro atoms. The summed E-state index contributed by atoms with van der Waals surface area (Å²) in [4.78, 5) is 4.81. The first-order chi connectivity index (χ1) is 9.20. The van der Waals surface area contributed by atoms with Crippen LogP contribution in [0, 0.1) is 6.92 Å². The number of hydrogen-bond donors (Lipinski definition) is 1. The topological polar surface area (TPSA) is 38.9 Å². The Labute approximate surface area is 113 Å². The van der Waals surface area contributed by atoms with Gasteiger partial charge in [-0.25, -0.2) is 0 Å². The van der Waals surface area contributed by atoms with Crippen LogP contribution >= 0.6 is 0 Å². The minimum Gasteiger partial charge on any atom is -0.323 e. The fourth-order valence-electron chi connectivity index (χ4n) is 2.55. The van der Waals surface area contributed by atoms with Crippen LogP contribution in [0.5, 0.6) is 0 Å². The summed E-state index contributed by atoms with van der Waals surface area (Å²) in [5.74, 6) is 0. The zero-order valence-corrected chi connectivity index (χ0v) is 11.4. The molecule has 0 fully saturated rings. The van der Waals surface area contributed by atoms with E-state index in [1.165, 1.54) is 21.7 Å². The van der Waals surface area contributed by atoms with E-state index in [2.05, 4.69) is 56.3 Å². The van der Waals surface area contributed by atoms with Gasteiger partial charge < -0.3 is 5.73 Å². The summed E-state index contributed by atoms with van der Waals surface area (Å²) in [6.45, 7) is 4.22. The molecule has 0 radical (unpaired) electrons. The lowest BCUT2D eigenvalue weighted by Gasteiger charge is -2.12. The summed E-state index contributed by atoms with van der Waals surface area (Å²) >= 11 is 0. The van der Waals surface area contributed by atoms with Gasteiger partial charge >= 0.3 is 0 Å². The first kappa shape index (κ1) is 12.1. The van der Waals surface area contributed by atoms with Crippen molar-refractivity contribution in [2.75, 3.05) is 0 Å². The maximum Gasteiger partial charge on any atom is 0.0786 e. The number of aromatic nitrogens is 1. The van der Waals surface area contributed by atoms with Gasteiger partial charge in [-0.15, -0.1) is 0 Å². The van der Waals surface area contributed by atoms with E-state index < -0.39 is 0 Å². The SMILES string of the molecule is CCC(N)c1cc(C)c2ccc3ccccc3c2n1. The molecule has 96 valence electrons. The highest BCUT2D eigenvalue weighted by molar-refractivity contribution is 6.06. The second-order valence-electron chi connectivity index (χ2n) is 5.06. The van der Waals surface area contributed by atoms with E-state index in [9.17, 15) is 0 Å². The molecule has 0 saturated heterocycles. The summed E-state index contributed by atoms with van der Waals surface area (Å²) in [6, 6.07) is 14.8. The molecule has 0 aliphatic heterocycles.